The molecule has 0 saturated carbocycles. The highest BCUT2D eigenvalue weighted by Crippen LogP contribution is 2.27. The van der Waals surface area contributed by atoms with E-state index in [4.69, 9.17) is 0 Å². The molecule has 5 nitrogen and oxygen atoms in total. The van der Waals surface area contributed by atoms with Crippen molar-refractivity contribution in [1.29, 1.82) is 0 Å². The highest BCUT2D eigenvalue weighted by molar-refractivity contribution is 6.11. The van der Waals surface area contributed by atoms with Crippen molar-refractivity contribution in [2.45, 2.75) is 18.4 Å². The molecule has 1 saturated heterocycles. The molecule has 1 fully saturated rings. The van der Waals surface area contributed by atoms with Gasteiger partial charge in [-0.05, 0) is 35.4 Å². The number of carbonyl (C=O) groups is 3. The van der Waals surface area contributed by atoms with Gasteiger partial charge in [-0.3, -0.25) is 14.5 Å². The average molecular weight is 416 g/mol. The second-order valence-corrected chi connectivity index (χ2v) is 7.66. The van der Waals surface area contributed by atoms with Crippen LogP contribution in [0.25, 0.3) is 0 Å². The topological polar surface area (TPSA) is 66.5 Å². The molecule has 0 aliphatic carbocycles. The van der Waals surface area contributed by atoms with Crippen LogP contribution in [0.3, 0.4) is 0 Å². The Morgan fingerprint density at radius 1 is 0.806 bits per heavy atom. The zero-order valence-corrected chi connectivity index (χ0v) is 16.8. The molecular weight excluding hydrogens is 395 g/mol. The first kappa shape index (κ1) is 20.5. The average Bonchev–Trinajstić information content (AvgIpc) is 2.99. The molecule has 31 heavy (non-hydrogen) atoms. The van der Waals surface area contributed by atoms with Crippen molar-refractivity contribution in [2.75, 3.05) is 6.54 Å². The van der Waals surface area contributed by atoms with E-state index in [-0.39, 0.29) is 5.56 Å². The maximum absolute atomic E-state index is 13.5. The van der Waals surface area contributed by atoms with Gasteiger partial charge in [0.2, 0.25) is 0 Å². The number of nitrogens with one attached hydrogen (secondary N) is 1. The van der Waals surface area contributed by atoms with E-state index in [9.17, 15) is 18.8 Å². The number of Topliss-reactive ketones (excluding diaryl/α,β-unsaturated/α-hetero) is 1. The number of amides is 3. The van der Waals surface area contributed by atoms with Crippen molar-refractivity contribution in [3.05, 3.63) is 107 Å². The Kier molecular flexibility index (Phi) is 5.62. The summed E-state index contributed by atoms with van der Waals surface area (Å²) in [6.07, 6.45) is 0.600. The predicted octanol–water partition coefficient (Wildman–Crippen LogP) is 3.78. The van der Waals surface area contributed by atoms with Gasteiger partial charge in [0.1, 0.15) is 11.4 Å². The first-order valence-corrected chi connectivity index (χ1v) is 9.98. The van der Waals surface area contributed by atoms with Gasteiger partial charge in [-0.25, -0.2) is 9.18 Å². The third kappa shape index (κ3) is 4.38. The van der Waals surface area contributed by atoms with Crippen molar-refractivity contribution in [3.8, 4) is 0 Å². The van der Waals surface area contributed by atoms with Crippen LogP contribution in [-0.2, 0) is 17.6 Å². The molecule has 1 aliphatic heterocycles. The summed E-state index contributed by atoms with van der Waals surface area (Å²) >= 11 is 0. The van der Waals surface area contributed by atoms with Crippen LogP contribution in [0.5, 0.6) is 0 Å². The van der Waals surface area contributed by atoms with E-state index in [1.54, 1.807) is 0 Å². The van der Waals surface area contributed by atoms with E-state index in [0.29, 0.717) is 12.8 Å². The number of imide groups is 1. The van der Waals surface area contributed by atoms with E-state index in [1.165, 1.54) is 24.3 Å². The smallest absolute Gasteiger partial charge is 0.322 e. The molecule has 0 aromatic heterocycles. The monoisotopic (exact) mass is 416 g/mol. The van der Waals surface area contributed by atoms with Crippen molar-refractivity contribution < 1.29 is 18.8 Å². The number of urea groups is 1. The van der Waals surface area contributed by atoms with Crippen LogP contribution in [-0.4, -0.2) is 34.7 Å². The molecule has 0 unspecified atom stereocenters. The van der Waals surface area contributed by atoms with E-state index in [1.807, 2.05) is 60.7 Å². The molecule has 4 rings (SSSR count). The second-order valence-electron chi connectivity index (χ2n) is 7.66. The molecule has 0 atom stereocenters. The van der Waals surface area contributed by atoms with Gasteiger partial charge < -0.3 is 5.32 Å². The fraction of sp³-hybridized carbons (Fsp3) is 0.160. The van der Waals surface area contributed by atoms with Crippen molar-refractivity contribution in [3.63, 3.8) is 0 Å². The van der Waals surface area contributed by atoms with E-state index >= 15 is 0 Å². The number of benzene rings is 3. The van der Waals surface area contributed by atoms with Crippen LogP contribution in [0.2, 0.25) is 0 Å². The van der Waals surface area contributed by atoms with Gasteiger partial charge in [-0.2, -0.15) is 0 Å². The summed E-state index contributed by atoms with van der Waals surface area (Å²) < 4.78 is 13.2. The Hall–Kier alpha value is -3.80. The molecule has 156 valence electrons. The summed E-state index contributed by atoms with van der Waals surface area (Å²) in [5, 5.41) is 2.86. The zero-order valence-electron chi connectivity index (χ0n) is 16.8. The summed E-state index contributed by atoms with van der Waals surface area (Å²) in [6, 6.07) is 23.3. The normalized spacial score (nSPS) is 15.1. The van der Waals surface area contributed by atoms with Crippen LogP contribution in [0, 0.1) is 5.82 Å². The Labute approximate surface area is 179 Å². The largest absolute Gasteiger partial charge is 0.325 e. The molecule has 3 aromatic rings. The van der Waals surface area contributed by atoms with Crippen LogP contribution < -0.4 is 5.32 Å². The molecule has 0 bridgehead atoms. The summed E-state index contributed by atoms with van der Waals surface area (Å²) in [6.45, 7) is -0.401. The lowest BCUT2D eigenvalue weighted by Gasteiger charge is -2.27. The first-order chi connectivity index (χ1) is 15.0. The maximum atomic E-state index is 13.5. The number of nitrogens with zero attached hydrogens (tertiary/aromatic N) is 1. The minimum absolute atomic E-state index is 0.241. The third-order valence-electron chi connectivity index (χ3n) is 5.41. The number of halogens is 1. The summed E-state index contributed by atoms with van der Waals surface area (Å²) in [7, 11) is 0. The molecule has 1 heterocycles. The van der Waals surface area contributed by atoms with Crippen LogP contribution in [0.15, 0.2) is 84.9 Å². The number of carbonyl (C=O) groups excluding carboxylic acids is 3. The minimum Gasteiger partial charge on any atom is -0.322 e. The Morgan fingerprint density at radius 2 is 1.32 bits per heavy atom. The number of ketones is 1. The SMILES string of the molecule is O=C(CN1C(=O)NC(Cc2ccccc2)(Cc2ccccc2)C1=O)c1ccc(F)cc1. The summed E-state index contributed by atoms with van der Waals surface area (Å²) in [4.78, 5) is 39.9. The van der Waals surface area contributed by atoms with Gasteiger partial charge in [-0.15, -0.1) is 0 Å². The highest BCUT2D eigenvalue weighted by Gasteiger charge is 2.51. The third-order valence-corrected chi connectivity index (χ3v) is 5.41. The number of hydrogen-bond donors (Lipinski definition) is 1. The van der Waals surface area contributed by atoms with Gasteiger partial charge in [0.05, 0.1) is 6.54 Å². The molecule has 1 aliphatic rings. The fourth-order valence-electron chi connectivity index (χ4n) is 3.88. The maximum Gasteiger partial charge on any atom is 0.325 e. The number of hydrogen-bond acceptors (Lipinski definition) is 3. The molecule has 3 amide bonds. The minimum atomic E-state index is -1.19. The molecule has 0 radical (unpaired) electrons. The Bertz CT molecular complexity index is 1060. The van der Waals surface area contributed by atoms with Crippen molar-refractivity contribution in [1.82, 2.24) is 10.2 Å². The van der Waals surface area contributed by atoms with Gasteiger partial charge in [0, 0.05) is 18.4 Å². The van der Waals surface area contributed by atoms with Crippen molar-refractivity contribution in [2.24, 2.45) is 0 Å². The van der Waals surface area contributed by atoms with Crippen molar-refractivity contribution >= 4 is 17.7 Å². The van der Waals surface area contributed by atoms with Gasteiger partial charge in [0.25, 0.3) is 5.91 Å². The van der Waals surface area contributed by atoms with E-state index < -0.39 is 35.6 Å². The Balaban J connectivity index is 1.62. The highest BCUT2D eigenvalue weighted by atomic mass is 19.1. The van der Waals surface area contributed by atoms with Crippen LogP contribution >= 0.6 is 0 Å². The van der Waals surface area contributed by atoms with E-state index in [0.717, 1.165) is 16.0 Å². The second kappa shape index (κ2) is 8.52. The van der Waals surface area contributed by atoms with Crippen LogP contribution in [0.1, 0.15) is 21.5 Å². The lowest BCUT2D eigenvalue weighted by atomic mass is 9.84. The van der Waals surface area contributed by atoms with Gasteiger partial charge >= 0.3 is 6.03 Å². The summed E-state index contributed by atoms with van der Waals surface area (Å²) in [5.74, 6) is -1.34. The lowest BCUT2D eigenvalue weighted by molar-refractivity contribution is -0.131. The molecule has 6 heteroatoms. The lowest BCUT2D eigenvalue weighted by Crippen LogP contribution is -2.51. The summed E-state index contributed by atoms with van der Waals surface area (Å²) in [5.41, 5.74) is 0.853. The van der Waals surface area contributed by atoms with Gasteiger partial charge in [0.15, 0.2) is 5.78 Å². The quantitative estimate of drug-likeness (QED) is 0.471. The molecule has 3 aromatic carbocycles. The number of rotatable bonds is 7. The van der Waals surface area contributed by atoms with Crippen LogP contribution in [0.4, 0.5) is 9.18 Å². The molecule has 1 N–H and O–H groups in total. The van der Waals surface area contributed by atoms with Gasteiger partial charge in [-0.1, -0.05) is 60.7 Å². The molecule has 0 spiro atoms. The standard InChI is InChI=1S/C25H21FN2O3/c26-21-13-11-20(12-14-21)22(29)17-28-23(30)25(27-24(28)31,15-18-7-3-1-4-8-18)16-19-9-5-2-6-10-19/h1-14H,15-17H2,(H,27,31). The fourth-order valence-corrected chi connectivity index (χ4v) is 3.88. The first-order valence-electron chi connectivity index (χ1n) is 9.98. The Morgan fingerprint density at radius 3 is 1.84 bits per heavy atom. The molecular formula is C25H21FN2O3. The van der Waals surface area contributed by atoms with E-state index in [2.05, 4.69) is 5.32 Å². The predicted molar refractivity (Wildman–Crippen MR) is 114 cm³/mol. The zero-order chi connectivity index (χ0) is 21.8.